The number of hydrogen-bond acceptors (Lipinski definition) is 2. The highest BCUT2D eigenvalue weighted by Crippen LogP contribution is 2.21. The van der Waals surface area contributed by atoms with Crippen LogP contribution in [0.1, 0.15) is 19.4 Å². The van der Waals surface area contributed by atoms with Gasteiger partial charge in [-0.3, -0.25) is 4.90 Å². The second-order valence-electron chi connectivity index (χ2n) is 4.86. The van der Waals surface area contributed by atoms with Crippen molar-refractivity contribution >= 4 is 11.6 Å². The fourth-order valence-corrected chi connectivity index (χ4v) is 2.70. The predicted molar refractivity (Wildman–Crippen MR) is 68.7 cm³/mol. The summed E-state index contributed by atoms with van der Waals surface area (Å²) in [5.74, 6) is -0.212. The van der Waals surface area contributed by atoms with Gasteiger partial charge >= 0.3 is 0 Å². The lowest BCUT2D eigenvalue weighted by molar-refractivity contribution is 0.165. The third kappa shape index (κ3) is 3.18. The first-order valence-corrected chi connectivity index (χ1v) is 6.35. The summed E-state index contributed by atoms with van der Waals surface area (Å²) in [5, 5.41) is 3.97. The van der Waals surface area contributed by atoms with E-state index in [1.54, 1.807) is 12.1 Å². The normalized spacial score (nSPS) is 26.1. The van der Waals surface area contributed by atoms with E-state index in [-0.39, 0.29) is 5.82 Å². The standard InChI is InChI=1S/C13H18ClFN2/c1-9-6-17(7-10(2)16-9)8-11-12(14)4-3-5-13(11)15/h3-5,9-10,16H,6-8H2,1-2H3/t9-,10-/m1/s1. The number of benzene rings is 1. The second-order valence-corrected chi connectivity index (χ2v) is 5.27. The lowest BCUT2D eigenvalue weighted by Crippen LogP contribution is -2.53. The first kappa shape index (κ1) is 12.8. The molecule has 1 aliphatic rings. The van der Waals surface area contributed by atoms with Crippen LogP contribution in [-0.2, 0) is 6.54 Å². The Hall–Kier alpha value is -0.640. The van der Waals surface area contributed by atoms with Gasteiger partial charge in [-0.25, -0.2) is 4.39 Å². The molecular formula is C13H18ClFN2. The highest BCUT2D eigenvalue weighted by Gasteiger charge is 2.22. The summed E-state index contributed by atoms with van der Waals surface area (Å²) in [6.45, 7) is 6.73. The number of piperazine rings is 1. The van der Waals surface area contributed by atoms with Gasteiger partial charge in [-0.1, -0.05) is 17.7 Å². The fraction of sp³-hybridized carbons (Fsp3) is 0.538. The van der Waals surface area contributed by atoms with Crippen molar-refractivity contribution in [2.24, 2.45) is 0 Å². The minimum atomic E-state index is -0.212. The molecule has 1 aromatic carbocycles. The van der Waals surface area contributed by atoms with Crippen molar-refractivity contribution in [3.05, 3.63) is 34.6 Å². The van der Waals surface area contributed by atoms with Crippen molar-refractivity contribution in [1.82, 2.24) is 10.2 Å². The first-order chi connectivity index (χ1) is 8.06. The molecule has 2 atom stereocenters. The summed E-state index contributed by atoms with van der Waals surface area (Å²) in [4.78, 5) is 2.25. The highest BCUT2D eigenvalue weighted by molar-refractivity contribution is 6.31. The summed E-state index contributed by atoms with van der Waals surface area (Å²) in [6.07, 6.45) is 0. The molecule has 0 aromatic heterocycles. The third-order valence-electron chi connectivity index (χ3n) is 3.08. The van der Waals surface area contributed by atoms with Gasteiger partial charge in [0.2, 0.25) is 0 Å². The van der Waals surface area contributed by atoms with E-state index in [2.05, 4.69) is 24.1 Å². The molecule has 2 rings (SSSR count). The molecule has 17 heavy (non-hydrogen) atoms. The number of hydrogen-bond donors (Lipinski definition) is 1. The van der Waals surface area contributed by atoms with E-state index < -0.39 is 0 Å². The Kier molecular flexibility index (Phi) is 4.02. The van der Waals surface area contributed by atoms with Crippen LogP contribution in [0.15, 0.2) is 18.2 Å². The molecule has 0 aliphatic carbocycles. The Bertz CT molecular complexity index is 367. The van der Waals surface area contributed by atoms with Crippen molar-refractivity contribution in [3.63, 3.8) is 0 Å². The number of rotatable bonds is 2. The molecule has 1 heterocycles. The maximum absolute atomic E-state index is 13.7. The molecular weight excluding hydrogens is 239 g/mol. The summed E-state index contributed by atoms with van der Waals surface area (Å²) in [7, 11) is 0. The Labute approximate surface area is 107 Å². The molecule has 1 aliphatic heterocycles. The smallest absolute Gasteiger partial charge is 0.129 e. The lowest BCUT2D eigenvalue weighted by atomic mass is 10.1. The molecule has 1 fully saturated rings. The number of halogens is 2. The zero-order chi connectivity index (χ0) is 12.4. The van der Waals surface area contributed by atoms with E-state index in [1.807, 2.05) is 0 Å². The van der Waals surface area contributed by atoms with Crippen LogP contribution in [0.5, 0.6) is 0 Å². The van der Waals surface area contributed by atoms with Gasteiger partial charge in [0.15, 0.2) is 0 Å². The molecule has 0 amide bonds. The third-order valence-corrected chi connectivity index (χ3v) is 3.43. The Balaban J connectivity index is 2.10. The Morgan fingerprint density at radius 3 is 2.59 bits per heavy atom. The maximum Gasteiger partial charge on any atom is 0.129 e. The highest BCUT2D eigenvalue weighted by atomic mass is 35.5. The topological polar surface area (TPSA) is 15.3 Å². The first-order valence-electron chi connectivity index (χ1n) is 5.97. The Morgan fingerprint density at radius 2 is 2.00 bits per heavy atom. The molecule has 4 heteroatoms. The molecule has 0 spiro atoms. The van der Waals surface area contributed by atoms with E-state index in [9.17, 15) is 4.39 Å². The van der Waals surface area contributed by atoms with Gasteiger partial charge in [0.25, 0.3) is 0 Å². The molecule has 1 N–H and O–H groups in total. The van der Waals surface area contributed by atoms with Crippen LogP contribution in [0.2, 0.25) is 5.02 Å². The van der Waals surface area contributed by atoms with E-state index in [0.29, 0.717) is 29.2 Å². The molecule has 0 unspecified atom stereocenters. The molecule has 0 saturated carbocycles. The zero-order valence-electron chi connectivity index (χ0n) is 10.2. The summed E-state index contributed by atoms with van der Waals surface area (Å²) in [6, 6.07) is 5.73. The molecule has 0 radical (unpaired) electrons. The molecule has 94 valence electrons. The van der Waals surface area contributed by atoms with Crippen LogP contribution >= 0.6 is 11.6 Å². The maximum atomic E-state index is 13.7. The monoisotopic (exact) mass is 256 g/mol. The minimum Gasteiger partial charge on any atom is -0.309 e. The van der Waals surface area contributed by atoms with Crippen LogP contribution in [0.4, 0.5) is 4.39 Å². The van der Waals surface area contributed by atoms with Crippen LogP contribution < -0.4 is 5.32 Å². The van der Waals surface area contributed by atoms with Crippen LogP contribution in [0, 0.1) is 5.82 Å². The van der Waals surface area contributed by atoms with Crippen LogP contribution in [-0.4, -0.2) is 30.1 Å². The quantitative estimate of drug-likeness (QED) is 0.875. The summed E-state index contributed by atoms with van der Waals surface area (Å²) >= 11 is 6.04. The van der Waals surface area contributed by atoms with Gasteiger partial charge in [-0.05, 0) is 26.0 Å². The van der Waals surface area contributed by atoms with Crippen molar-refractivity contribution in [3.8, 4) is 0 Å². The second kappa shape index (κ2) is 5.34. The van der Waals surface area contributed by atoms with E-state index >= 15 is 0 Å². The molecule has 1 saturated heterocycles. The van der Waals surface area contributed by atoms with Crippen molar-refractivity contribution < 1.29 is 4.39 Å². The van der Waals surface area contributed by atoms with Crippen LogP contribution in [0.25, 0.3) is 0 Å². The molecule has 0 bridgehead atoms. The number of nitrogens with one attached hydrogen (secondary N) is 1. The minimum absolute atomic E-state index is 0.212. The Morgan fingerprint density at radius 1 is 1.35 bits per heavy atom. The zero-order valence-corrected chi connectivity index (χ0v) is 11.0. The lowest BCUT2D eigenvalue weighted by Gasteiger charge is -2.36. The summed E-state index contributed by atoms with van der Waals surface area (Å²) < 4.78 is 13.7. The largest absolute Gasteiger partial charge is 0.309 e. The van der Waals surface area contributed by atoms with Gasteiger partial charge < -0.3 is 5.32 Å². The number of nitrogens with zero attached hydrogens (tertiary/aromatic N) is 1. The average molecular weight is 257 g/mol. The predicted octanol–water partition coefficient (Wildman–Crippen LogP) is 2.66. The van der Waals surface area contributed by atoms with Crippen molar-refractivity contribution in [2.75, 3.05) is 13.1 Å². The molecule has 1 aromatic rings. The van der Waals surface area contributed by atoms with Gasteiger partial charge in [0.1, 0.15) is 5.82 Å². The van der Waals surface area contributed by atoms with Gasteiger partial charge in [-0.15, -0.1) is 0 Å². The van der Waals surface area contributed by atoms with Gasteiger partial charge in [-0.2, -0.15) is 0 Å². The molecule has 2 nitrogen and oxygen atoms in total. The van der Waals surface area contributed by atoms with Gasteiger partial charge in [0.05, 0.1) is 0 Å². The SMILES string of the molecule is C[C@@H]1CN(Cc2c(F)cccc2Cl)C[C@@H](C)N1. The van der Waals surface area contributed by atoms with E-state index in [1.165, 1.54) is 6.07 Å². The average Bonchev–Trinajstić information content (AvgIpc) is 2.22. The summed E-state index contributed by atoms with van der Waals surface area (Å²) in [5.41, 5.74) is 0.607. The van der Waals surface area contributed by atoms with E-state index in [4.69, 9.17) is 11.6 Å². The van der Waals surface area contributed by atoms with Crippen molar-refractivity contribution in [2.45, 2.75) is 32.5 Å². The van der Waals surface area contributed by atoms with Crippen molar-refractivity contribution in [1.29, 1.82) is 0 Å². The fourth-order valence-electron chi connectivity index (χ4n) is 2.48. The van der Waals surface area contributed by atoms with E-state index in [0.717, 1.165) is 13.1 Å². The van der Waals surface area contributed by atoms with Crippen LogP contribution in [0.3, 0.4) is 0 Å². The van der Waals surface area contributed by atoms with Gasteiger partial charge in [0, 0.05) is 42.3 Å².